The third-order valence-electron chi connectivity index (χ3n) is 3.62. The van der Waals surface area contributed by atoms with Gasteiger partial charge in [-0.25, -0.2) is 8.78 Å². The smallest absolute Gasteiger partial charge is 0.247 e. The van der Waals surface area contributed by atoms with Crippen molar-refractivity contribution in [1.82, 2.24) is 4.90 Å². The van der Waals surface area contributed by atoms with E-state index in [4.69, 9.17) is 0 Å². The molecular formula is C18H15F2NOS. The van der Waals surface area contributed by atoms with Crippen LogP contribution in [-0.2, 0) is 4.79 Å². The van der Waals surface area contributed by atoms with Gasteiger partial charge in [0.15, 0.2) is 0 Å². The summed E-state index contributed by atoms with van der Waals surface area (Å²) in [7, 11) is 0. The van der Waals surface area contributed by atoms with E-state index in [-0.39, 0.29) is 5.91 Å². The fourth-order valence-electron chi connectivity index (χ4n) is 2.48. The fraction of sp³-hybridized carbons (Fsp3) is 0.167. The van der Waals surface area contributed by atoms with Crippen LogP contribution in [0.5, 0.6) is 0 Å². The quantitative estimate of drug-likeness (QED) is 0.784. The zero-order valence-corrected chi connectivity index (χ0v) is 13.1. The second-order valence-electron chi connectivity index (χ2n) is 5.16. The zero-order valence-electron chi connectivity index (χ0n) is 12.3. The van der Waals surface area contributed by atoms with Crippen LogP contribution < -0.4 is 0 Å². The van der Waals surface area contributed by atoms with Gasteiger partial charge in [0.2, 0.25) is 5.91 Å². The first-order valence-corrected chi connectivity index (χ1v) is 8.30. The molecule has 0 spiro atoms. The van der Waals surface area contributed by atoms with Gasteiger partial charge >= 0.3 is 0 Å². The van der Waals surface area contributed by atoms with Gasteiger partial charge in [0.1, 0.15) is 17.0 Å². The summed E-state index contributed by atoms with van der Waals surface area (Å²) in [6.45, 7) is 0.546. The number of rotatable bonds is 3. The molecule has 118 valence electrons. The van der Waals surface area contributed by atoms with Crippen molar-refractivity contribution in [1.29, 1.82) is 0 Å². The second kappa shape index (κ2) is 6.96. The SMILES string of the molecule is O=C(C=Cc1ccccc1)N1CCSC1c1ccc(F)cc1F. The second-order valence-corrected chi connectivity index (χ2v) is 6.35. The lowest BCUT2D eigenvalue weighted by molar-refractivity contribution is -0.126. The Labute approximate surface area is 137 Å². The molecule has 3 rings (SSSR count). The van der Waals surface area contributed by atoms with E-state index < -0.39 is 17.0 Å². The van der Waals surface area contributed by atoms with Gasteiger partial charge in [0.25, 0.3) is 0 Å². The number of hydrogen-bond donors (Lipinski definition) is 0. The Hall–Kier alpha value is -2.14. The highest BCUT2D eigenvalue weighted by Crippen LogP contribution is 2.39. The van der Waals surface area contributed by atoms with Crippen LogP contribution in [0.4, 0.5) is 8.78 Å². The maximum absolute atomic E-state index is 14.0. The lowest BCUT2D eigenvalue weighted by Gasteiger charge is -2.23. The molecule has 1 unspecified atom stereocenters. The van der Waals surface area contributed by atoms with Crippen LogP contribution in [0.1, 0.15) is 16.5 Å². The predicted octanol–water partition coefficient (Wildman–Crippen LogP) is 4.25. The molecule has 0 aromatic heterocycles. The average Bonchev–Trinajstić information content (AvgIpc) is 3.03. The Morgan fingerprint density at radius 3 is 2.70 bits per heavy atom. The number of carbonyl (C=O) groups excluding carboxylic acids is 1. The topological polar surface area (TPSA) is 20.3 Å². The molecule has 1 saturated heterocycles. The van der Waals surface area contributed by atoms with Gasteiger partial charge in [-0.1, -0.05) is 36.4 Å². The summed E-state index contributed by atoms with van der Waals surface area (Å²) < 4.78 is 27.0. The number of carbonyl (C=O) groups is 1. The van der Waals surface area contributed by atoms with E-state index in [0.717, 1.165) is 17.4 Å². The summed E-state index contributed by atoms with van der Waals surface area (Å²) in [5.41, 5.74) is 1.27. The van der Waals surface area contributed by atoms with Gasteiger partial charge in [0, 0.05) is 30.0 Å². The van der Waals surface area contributed by atoms with Crippen molar-refractivity contribution in [3.63, 3.8) is 0 Å². The van der Waals surface area contributed by atoms with E-state index in [1.807, 2.05) is 30.3 Å². The summed E-state index contributed by atoms with van der Waals surface area (Å²) in [5, 5.41) is -0.413. The molecule has 1 aliphatic rings. The number of nitrogens with zero attached hydrogens (tertiary/aromatic N) is 1. The molecule has 0 N–H and O–H groups in total. The monoisotopic (exact) mass is 331 g/mol. The molecule has 2 aromatic rings. The standard InChI is InChI=1S/C18H15F2NOS/c19-14-7-8-15(16(20)12-14)18-21(10-11-23-18)17(22)9-6-13-4-2-1-3-5-13/h1-9,12,18H,10-11H2. The largest absolute Gasteiger partial charge is 0.322 e. The van der Waals surface area contributed by atoms with Gasteiger partial charge in [-0.3, -0.25) is 4.79 Å². The van der Waals surface area contributed by atoms with Crippen LogP contribution in [0.2, 0.25) is 0 Å². The fourth-order valence-corrected chi connectivity index (χ4v) is 3.77. The Bertz CT molecular complexity index is 733. The first kappa shape index (κ1) is 15.7. The van der Waals surface area contributed by atoms with E-state index in [2.05, 4.69) is 0 Å². The van der Waals surface area contributed by atoms with Crippen molar-refractivity contribution in [2.24, 2.45) is 0 Å². The van der Waals surface area contributed by atoms with Gasteiger partial charge in [-0.05, 0) is 17.7 Å². The number of benzene rings is 2. The normalized spacial score (nSPS) is 17.8. The summed E-state index contributed by atoms with van der Waals surface area (Å²) in [6.07, 6.45) is 3.24. The molecule has 2 aromatic carbocycles. The van der Waals surface area contributed by atoms with Crippen molar-refractivity contribution in [3.8, 4) is 0 Å². The highest BCUT2D eigenvalue weighted by atomic mass is 32.2. The van der Waals surface area contributed by atoms with Crippen LogP contribution in [0, 0.1) is 11.6 Å². The first-order chi connectivity index (χ1) is 11.1. The summed E-state index contributed by atoms with van der Waals surface area (Å²) in [4.78, 5) is 14.0. The first-order valence-electron chi connectivity index (χ1n) is 7.25. The number of hydrogen-bond acceptors (Lipinski definition) is 2. The van der Waals surface area contributed by atoms with Crippen LogP contribution in [-0.4, -0.2) is 23.1 Å². The predicted molar refractivity (Wildman–Crippen MR) is 88.7 cm³/mol. The van der Waals surface area contributed by atoms with Crippen molar-refractivity contribution < 1.29 is 13.6 Å². The molecular weight excluding hydrogens is 316 g/mol. The Morgan fingerprint density at radius 2 is 1.96 bits per heavy atom. The maximum Gasteiger partial charge on any atom is 0.247 e. The van der Waals surface area contributed by atoms with E-state index in [1.165, 1.54) is 30.0 Å². The number of amides is 1. The highest BCUT2D eigenvalue weighted by molar-refractivity contribution is 7.99. The van der Waals surface area contributed by atoms with Crippen LogP contribution in [0.15, 0.2) is 54.6 Å². The van der Waals surface area contributed by atoms with Gasteiger partial charge in [-0.15, -0.1) is 11.8 Å². The van der Waals surface area contributed by atoms with E-state index in [9.17, 15) is 13.6 Å². The minimum atomic E-state index is -0.616. The Balaban J connectivity index is 1.78. The van der Waals surface area contributed by atoms with E-state index in [0.29, 0.717) is 12.1 Å². The molecule has 0 bridgehead atoms. The molecule has 1 fully saturated rings. The third kappa shape index (κ3) is 3.62. The van der Waals surface area contributed by atoms with Gasteiger partial charge < -0.3 is 4.90 Å². The van der Waals surface area contributed by atoms with Gasteiger partial charge in [0.05, 0.1) is 0 Å². The lowest BCUT2D eigenvalue weighted by Crippen LogP contribution is -2.29. The Morgan fingerprint density at radius 1 is 1.17 bits per heavy atom. The van der Waals surface area contributed by atoms with Crippen LogP contribution in [0.25, 0.3) is 6.08 Å². The lowest BCUT2D eigenvalue weighted by atomic mass is 10.1. The molecule has 1 amide bonds. The molecule has 1 atom stereocenters. The molecule has 5 heteroatoms. The van der Waals surface area contributed by atoms with Crippen molar-refractivity contribution in [3.05, 3.63) is 77.4 Å². The third-order valence-corrected chi connectivity index (χ3v) is 4.86. The van der Waals surface area contributed by atoms with Crippen molar-refractivity contribution >= 4 is 23.7 Å². The summed E-state index contributed by atoms with van der Waals surface area (Å²) in [6, 6.07) is 13.0. The van der Waals surface area contributed by atoms with Gasteiger partial charge in [-0.2, -0.15) is 0 Å². The number of halogens is 2. The van der Waals surface area contributed by atoms with E-state index in [1.54, 1.807) is 11.0 Å². The average molecular weight is 331 g/mol. The zero-order chi connectivity index (χ0) is 16.2. The van der Waals surface area contributed by atoms with E-state index >= 15 is 0 Å². The molecule has 0 aliphatic carbocycles. The molecule has 1 heterocycles. The molecule has 23 heavy (non-hydrogen) atoms. The molecule has 1 aliphatic heterocycles. The number of thioether (sulfide) groups is 1. The maximum atomic E-state index is 14.0. The Kier molecular flexibility index (Phi) is 4.76. The molecule has 2 nitrogen and oxygen atoms in total. The minimum absolute atomic E-state index is 0.174. The summed E-state index contributed by atoms with van der Waals surface area (Å²) >= 11 is 1.48. The minimum Gasteiger partial charge on any atom is -0.322 e. The summed E-state index contributed by atoms with van der Waals surface area (Å²) in [5.74, 6) is -0.676. The van der Waals surface area contributed by atoms with Crippen LogP contribution in [0.3, 0.4) is 0 Å². The van der Waals surface area contributed by atoms with Crippen LogP contribution >= 0.6 is 11.8 Å². The highest BCUT2D eigenvalue weighted by Gasteiger charge is 2.31. The van der Waals surface area contributed by atoms with Crippen molar-refractivity contribution in [2.45, 2.75) is 5.37 Å². The van der Waals surface area contributed by atoms with Crippen molar-refractivity contribution in [2.75, 3.05) is 12.3 Å². The molecule has 0 saturated carbocycles. The molecule has 0 radical (unpaired) electrons.